The summed E-state index contributed by atoms with van der Waals surface area (Å²) in [5, 5.41) is 7.73. The predicted molar refractivity (Wildman–Crippen MR) is 98.0 cm³/mol. The summed E-state index contributed by atoms with van der Waals surface area (Å²) in [6.45, 7) is 1.24. The second-order valence-corrected chi connectivity index (χ2v) is 7.27. The average Bonchev–Trinajstić information content (AvgIpc) is 3.60. The molecule has 6 nitrogen and oxygen atoms in total. The van der Waals surface area contributed by atoms with Crippen molar-refractivity contribution in [1.29, 1.82) is 0 Å². The average molecular weight is 347 g/mol. The molecule has 3 aromatic rings. The van der Waals surface area contributed by atoms with E-state index in [1.54, 1.807) is 0 Å². The molecule has 2 saturated carbocycles. The predicted octanol–water partition coefficient (Wildman–Crippen LogP) is 3.01. The number of carbonyl (C=O) groups is 1. The van der Waals surface area contributed by atoms with Crippen molar-refractivity contribution in [2.45, 2.75) is 44.1 Å². The summed E-state index contributed by atoms with van der Waals surface area (Å²) < 4.78 is 2.09. The van der Waals surface area contributed by atoms with Crippen LogP contribution in [0, 0.1) is 0 Å². The minimum Gasteiger partial charge on any atom is -0.349 e. The van der Waals surface area contributed by atoms with Gasteiger partial charge in [0.15, 0.2) is 0 Å². The third kappa shape index (κ3) is 3.07. The zero-order chi connectivity index (χ0) is 17.5. The summed E-state index contributed by atoms with van der Waals surface area (Å²) in [5.41, 5.74) is 4.45. The molecule has 0 aliphatic heterocycles. The van der Waals surface area contributed by atoms with E-state index in [1.165, 1.54) is 43.3 Å². The number of nitrogens with zero attached hydrogens (tertiary/aromatic N) is 4. The number of nitrogens with one attached hydrogen (secondary N) is 1. The van der Waals surface area contributed by atoms with E-state index in [0.29, 0.717) is 30.6 Å². The summed E-state index contributed by atoms with van der Waals surface area (Å²) in [6.07, 6.45) is 6.58. The quantitative estimate of drug-likeness (QED) is 0.744. The maximum Gasteiger partial charge on any atom is 0.271 e. The Morgan fingerprint density at radius 3 is 2.65 bits per heavy atom. The molecule has 1 aromatic carbocycles. The van der Waals surface area contributed by atoms with E-state index in [0.717, 1.165) is 11.0 Å². The molecule has 0 spiro atoms. The van der Waals surface area contributed by atoms with Crippen molar-refractivity contribution in [1.82, 2.24) is 25.1 Å². The molecule has 132 valence electrons. The summed E-state index contributed by atoms with van der Waals surface area (Å²) in [4.78, 5) is 21.1. The summed E-state index contributed by atoms with van der Waals surface area (Å²) in [7, 11) is 0. The van der Waals surface area contributed by atoms with Gasteiger partial charge in [-0.15, -0.1) is 0 Å². The number of para-hydroxylation sites is 2. The van der Waals surface area contributed by atoms with E-state index in [4.69, 9.17) is 5.10 Å². The molecule has 0 bridgehead atoms. The van der Waals surface area contributed by atoms with Crippen molar-refractivity contribution in [3.05, 3.63) is 53.6 Å². The Labute approximate surface area is 151 Å². The molecule has 0 atom stereocenters. The molecule has 2 aliphatic rings. The maximum absolute atomic E-state index is 12.4. The molecular weight excluding hydrogens is 326 g/mol. The Balaban J connectivity index is 1.25. The van der Waals surface area contributed by atoms with Gasteiger partial charge in [0.25, 0.3) is 5.91 Å². The number of rotatable bonds is 6. The second-order valence-electron chi connectivity index (χ2n) is 7.27. The topological polar surface area (TPSA) is 72.7 Å². The first kappa shape index (κ1) is 15.5. The highest BCUT2D eigenvalue weighted by Gasteiger charge is 2.32. The van der Waals surface area contributed by atoms with E-state index in [2.05, 4.69) is 26.0 Å². The van der Waals surface area contributed by atoms with Gasteiger partial charge in [-0.2, -0.15) is 5.10 Å². The minimum atomic E-state index is -0.189. The van der Waals surface area contributed by atoms with Gasteiger partial charge in [-0.05, 0) is 43.9 Å². The highest BCUT2D eigenvalue weighted by atomic mass is 16.1. The molecule has 26 heavy (non-hydrogen) atoms. The zero-order valence-electron chi connectivity index (χ0n) is 14.6. The van der Waals surface area contributed by atoms with Crippen molar-refractivity contribution in [3.8, 4) is 0 Å². The van der Waals surface area contributed by atoms with Crippen LogP contribution in [-0.4, -0.2) is 32.2 Å². The lowest BCUT2D eigenvalue weighted by Crippen LogP contribution is -2.28. The largest absolute Gasteiger partial charge is 0.349 e. The Morgan fingerprint density at radius 2 is 1.88 bits per heavy atom. The lowest BCUT2D eigenvalue weighted by molar-refractivity contribution is 0.0947. The fourth-order valence-corrected chi connectivity index (χ4v) is 3.35. The fraction of sp³-hybridized carbons (Fsp3) is 0.400. The molecule has 2 aliphatic carbocycles. The smallest absolute Gasteiger partial charge is 0.271 e. The number of aromatic nitrogens is 4. The maximum atomic E-state index is 12.4. The van der Waals surface area contributed by atoms with Crippen LogP contribution in [0.2, 0.25) is 0 Å². The third-order valence-corrected chi connectivity index (χ3v) is 5.11. The first-order valence-electron chi connectivity index (χ1n) is 9.35. The lowest BCUT2D eigenvalue weighted by Gasteiger charge is -2.08. The van der Waals surface area contributed by atoms with Crippen LogP contribution in [0.3, 0.4) is 0 Å². The Hall–Kier alpha value is -2.76. The highest BCUT2D eigenvalue weighted by Crippen LogP contribution is 2.44. The van der Waals surface area contributed by atoms with E-state index in [-0.39, 0.29) is 5.91 Å². The molecule has 1 amide bonds. The van der Waals surface area contributed by atoms with Gasteiger partial charge in [-0.1, -0.05) is 12.1 Å². The highest BCUT2D eigenvalue weighted by molar-refractivity contribution is 5.93. The van der Waals surface area contributed by atoms with Crippen molar-refractivity contribution in [2.75, 3.05) is 6.54 Å². The standard InChI is InChI=1S/C20H21N5O/c26-20(18-12-22-15-3-1-2-4-16(15)23-18)21-9-10-25-19(14-7-8-14)11-17(24-25)13-5-6-13/h1-4,11-14H,5-10H2,(H,21,26). The molecule has 2 aromatic heterocycles. The van der Waals surface area contributed by atoms with Crippen LogP contribution < -0.4 is 5.32 Å². The number of amides is 1. The van der Waals surface area contributed by atoms with E-state index in [9.17, 15) is 4.79 Å². The number of carbonyl (C=O) groups excluding carboxylic acids is 1. The first-order valence-corrected chi connectivity index (χ1v) is 9.35. The van der Waals surface area contributed by atoms with Gasteiger partial charge < -0.3 is 5.32 Å². The molecule has 6 heteroatoms. The molecule has 5 rings (SSSR count). The van der Waals surface area contributed by atoms with Gasteiger partial charge in [-0.25, -0.2) is 4.98 Å². The SMILES string of the molecule is O=C(NCCn1nc(C2CC2)cc1C1CC1)c1cnc2ccccc2n1. The number of benzene rings is 1. The molecule has 0 unspecified atom stereocenters. The van der Waals surface area contributed by atoms with Gasteiger partial charge in [0.05, 0.1) is 29.5 Å². The number of hydrogen-bond acceptors (Lipinski definition) is 4. The van der Waals surface area contributed by atoms with Crippen LogP contribution >= 0.6 is 0 Å². The molecular formula is C20H21N5O. The van der Waals surface area contributed by atoms with E-state index >= 15 is 0 Å². The van der Waals surface area contributed by atoms with Crippen molar-refractivity contribution in [2.24, 2.45) is 0 Å². The van der Waals surface area contributed by atoms with Gasteiger partial charge >= 0.3 is 0 Å². The Bertz CT molecular complexity index is 971. The van der Waals surface area contributed by atoms with Gasteiger partial charge in [0.2, 0.25) is 0 Å². The molecule has 1 N–H and O–H groups in total. The third-order valence-electron chi connectivity index (χ3n) is 5.11. The summed E-state index contributed by atoms with van der Waals surface area (Å²) in [5.74, 6) is 1.14. The zero-order valence-corrected chi connectivity index (χ0v) is 14.6. The van der Waals surface area contributed by atoms with Crippen molar-refractivity contribution >= 4 is 16.9 Å². The van der Waals surface area contributed by atoms with Crippen LogP contribution in [0.5, 0.6) is 0 Å². The van der Waals surface area contributed by atoms with Crippen molar-refractivity contribution < 1.29 is 4.79 Å². The van der Waals surface area contributed by atoms with E-state index < -0.39 is 0 Å². The molecule has 0 saturated heterocycles. The molecule has 0 radical (unpaired) electrons. The normalized spacial score (nSPS) is 16.8. The Kier molecular flexibility index (Phi) is 3.69. The van der Waals surface area contributed by atoms with Crippen LogP contribution in [0.4, 0.5) is 0 Å². The molecule has 2 heterocycles. The monoisotopic (exact) mass is 347 g/mol. The fourth-order valence-electron chi connectivity index (χ4n) is 3.35. The number of fused-ring (bicyclic) bond motifs is 1. The molecule has 2 fully saturated rings. The Morgan fingerprint density at radius 1 is 1.12 bits per heavy atom. The van der Waals surface area contributed by atoms with E-state index in [1.807, 2.05) is 24.3 Å². The van der Waals surface area contributed by atoms with Crippen LogP contribution in [0.25, 0.3) is 11.0 Å². The van der Waals surface area contributed by atoms with Gasteiger partial charge in [-0.3, -0.25) is 14.5 Å². The first-order chi connectivity index (χ1) is 12.8. The lowest BCUT2D eigenvalue weighted by atomic mass is 10.2. The van der Waals surface area contributed by atoms with Crippen LogP contribution in [-0.2, 0) is 6.54 Å². The van der Waals surface area contributed by atoms with Crippen LogP contribution in [0.15, 0.2) is 36.5 Å². The van der Waals surface area contributed by atoms with Gasteiger partial charge in [0.1, 0.15) is 5.69 Å². The van der Waals surface area contributed by atoms with Gasteiger partial charge in [0, 0.05) is 24.1 Å². The second kappa shape index (κ2) is 6.20. The van der Waals surface area contributed by atoms with Crippen molar-refractivity contribution in [3.63, 3.8) is 0 Å². The van der Waals surface area contributed by atoms with Crippen LogP contribution in [0.1, 0.15) is 59.4 Å². The number of hydrogen-bond donors (Lipinski definition) is 1. The summed E-state index contributed by atoms with van der Waals surface area (Å²) in [6, 6.07) is 9.84. The minimum absolute atomic E-state index is 0.189. The summed E-state index contributed by atoms with van der Waals surface area (Å²) >= 11 is 0.